The van der Waals surface area contributed by atoms with Crippen LogP contribution in [0.4, 0.5) is 11.6 Å². The average molecular weight is 477 g/mol. The number of nitriles is 1. The summed E-state index contributed by atoms with van der Waals surface area (Å²) in [6.45, 7) is 6.68. The zero-order valence-electron chi connectivity index (χ0n) is 20.3. The Balaban J connectivity index is 1.72. The van der Waals surface area contributed by atoms with Crippen LogP contribution in [0.2, 0.25) is 0 Å². The van der Waals surface area contributed by atoms with E-state index in [4.69, 9.17) is 15.4 Å². The highest BCUT2D eigenvalue weighted by Crippen LogP contribution is 2.33. The van der Waals surface area contributed by atoms with Gasteiger partial charge in [0.2, 0.25) is 0 Å². The molecule has 2 aliphatic heterocycles. The number of rotatable bonds is 7. The normalized spacial score (nSPS) is 18.8. The first-order chi connectivity index (χ1) is 16.9. The maximum absolute atomic E-state index is 11.9. The number of nitrogens with zero attached hydrogens (tertiary/aromatic N) is 4. The van der Waals surface area contributed by atoms with E-state index in [0.717, 1.165) is 50.2 Å². The van der Waals surface area contributed by atoms with Crippen LogP contribution in [0.15, 0.2) is 24.4 Å². The van der Waals surface area contributed by atoms with Gasteiger partial charge in [0, 0.05) is 48.6 Å². The third kappa shape index (κ3) is 5.60. The van der Waals surface area contributed by atoms with Crippen molar-refractivity contribution in [2.75, 3.05) is 36.5 Å². The largest absolute Gasteiger partial charge is 0.477 e. The van der Waals surface area contributed by atoms with E-state index in [-0.39, 0.29) is 23.6 Å². The number of ether oxygens (including phenoxy) is 1. The summed E-state index contributed by atoms with van der Waals surface area (Å²) >= 11 is 0. The fourth-order valence-electron chi connectivity index (χ4n) is 4.57. The molecule has 4 heterocycles. The molecular formula is C26H32N6O3. The Morgan fingerprint density at radius 3 is 2.66 bits per heavy atom. The van der Waals surface area contributed by atoms with Crippen LogP contribution in [0.5, 0.6) is 0 Å². The number of nitrogens with one attached hydrogen (secondary N) is 2. The van der Waals surface area contributed by atoms with Crippen molar-refractivity contribution in [2.45, 2.75) is 45.6 Å². The van der Waals surface area contributed by atoms with Gasteiger partial charge in [-0.3, -0.25) is 0 Å². The van der Waals surface area contributed by atoms with E-state index in [0.29, 0.717) is 35.9 Å². The Morgan fingerprint density at radius 1 is 1.31 bits per heavy atom. The minimum Gasteiger partial charge on any atom is -0.477 e. The molecule has 0 aromatic carbocycles. The van der Waals surface area contributed by atoms with Gasteiger partial charge in [-0.15, -0.1) is 0 Å². The van der Waals surface area contributed by atoms with Crippen LogP contribution < -0.4 is 10.2 Å². The van der Waals surface area contributed by atoms with Crippen molar-refractivity contribution < 1.29 is 14.6 Å². The van der Waals surface area contributed by atoms with Crippen molar-refractivity contribution in [3.8, 4) is 17.2 Å². The van der Waals surface area contributed by atoms with E-state index < -0.39 is 5.97 Å². The molecule has 2 aliphatic rings. The van der Waals surface area contributed by atoms with Gasteiger partial charge >= 0.3 is 5.97 Å². The number of pyridine rings is 2. The van der Waals surface area contributed by atoms with E-state index in [2.05, 4.69) is 26.3 Å². The molecule has 0 radical (unpaired) electrons. The number of anilines is 2. The smallest absolute Gasteiger partial charge is 0.354 e. The summed E-state index contributed by atoms with van der Waals surface area (Å²) < 4.78 is 5.59. The molecule has 3 N–H and O–H groups in total. The number of piperidine rings is 1. The molecule has 1 unspecified atom stereocenters. The molecule has 0 amide bonds. The van der Waals surface area contributed by atoms with Gasteiger partial charge in [-0.05, 0) is 55.4 Å². The number of hydrogen-bond donors (Lipinski definition) is 3. The second-order valence-corrected chi connectivity index (χ2v) is 9.51. The molecule has 2 aromatic heterocycles. The SMILES string of the molecule is CC(C)C(=N)c1c(-c2ccc(N3CCC(C#N)CC3)nc2)cc(C(=O)O)nc1NC1CCCOC1. The number of aromatic nitrogens is 2. The summed E-state index contributed by atoms with van der Waals surface area (Å²) in [6.07, 6.45) is 5.18. The molecule has 0 spiro atoms. The lowest BCUT2D eigenvalue weighted by Gasteiger charge is -2.30. The van der Waals surface area contributed by atoms with Crippen molar-refractivity contribution in [3.63, 3.8) is 0 Å². The summed E-state index contributed by atoms with van der Waals surface area (Å²) in [5.41, 5.74) is 2.25. The van der Waals surface area contributed by atoms with Gasteiger partial charge < -0.3 is 25.5 Å². The Hall–Kier alpha value is -3.51. The number of carbonyl (C=O) groups is 1. The van der Waals surface area contributed by atoms with Crippen molar-refractivity contribution in [1.29, 1.82) is 10.7 Å². The molecule has 1 atom stereocenters. The predicted molar refractivity (Wildman–Crippen MR) is 134 cm³/mol. The molecule has 0 aliphatic carbocycles. The Kier molecular flexibility index (Phi) is 7.61. The molecular weight excluding hydrogens is 444 g/mol. The highest BCUT2D eigenvalue weighted by molar-refractivity contribution is 6.09. The second-order valence-electron chi connectivity index (χ2n) is 9.51. The second kappa shape index (κ2) is 10.8. The standard InChI is InChI=1S/C26H32N6O3/c1-16(2)24(28)23-20(12-21(26(33)34)31-25(23)30-19-4-3-11-35-15-19)18-5-6-22(29-14-18)32-9-7-17(13-27)8-10-32/h5-6,12,14,16-17,19,28H,3-4,7-11,15H2,1-2H3,(H,30,31)(H,33,34). The minimum absolute atomic E-state index is 0.00342. The molecule has 2 aromatic rings. The van der Waals surface area contributed by atoms with Crippen molar-refractivity contribution in [2.24, 2.45) is 11.8 Å². The zero-order valence-corrected chi connectivity index (χ0v) is 20.3. The number of hydrogen-bond acceptors (Lipinski definition) is 8. The van der Waals surface area contributed by atoms with Crippen LogP contribution in [0.3, 0.4) is 0 Å². The van der Waals surface area contributed by atoms with Crippen molar-refractivity contribution >= 4 is 23.3 Å². The summed E-state index contributed by atoms with van der Waals surface area (Å²) in [6, 6.07) is 7.73. The first-order valence-electron chi connectivity index (χ1n) is 12.2. The summed E-state index contributed by atoms with van der Waals surface area (Å²) in [4.78, 5) is 23.2. The van der Waals surface area contributed by atoms with Gasteiger partial charge in [-0.2, -0.15) is 5.26 Å². The molecule has 9 heteroatoms. The van der Waals surface area contributed by atoms with Gasteiger partial charge in [0.15, 0.2) is 5.69 Å². The van der Waals surface area contributed by atoms with Crippen LogP contribution in [0.1, 0.15) is 55.6 Å². The highest BCUT2D eigenvalue weighted by atomic mass is 16.5. The maximum atomic E-state index is 11.9. The molecule has 2 saturated heterocycles. The van der Waals surface area contributed by atoms with Gasteiger partial charge in [-0.25, -0.2) is 14.8 Å². The lowest BCUT2D eigenvalue weighted by Crippen LogP contribution is -2.33. The Labute approximate surface area is 205 Å². The van der Waals surface area contributed by atoms with Gasteiger partial charge in [0.05, 0.1) is 18.7 Å². The number of aromatic carboxylic acids is 1. The fourth-order valence-corrected chi connectivity index (χ4v) is 4.57. The molecule has 2 fully saturated rings. The van der Waals surface area contributed by atoms with Crippen LogP contribution in [0.25, 0.3) is 11.1 Å². The van der Waals surface area contributed by atoms with E-state index in [1.54, 1.807) is 6.20 Å². The van der Waals surface area contributed by atoms with Crippen molar-refractivity contribution in [3.05, 3.63) is 35.7 Å². The lowest BCUT2D eigenvalue weighted by atomic mass is 9.92. The van der Waals surface area contributed by atoms with Crippen LogP contribution in [0, 0.1) is 28.6 Å². The van der Waals surface area contributed by atoms with Crippen LogP contribution >= 0.6 is 0 Å². The Morgan fingerprint density at radius 2 is 2.09 bits per heavy atom. The van der Waals surface area contributed by atoms with Crippen LogP contribution in [-0.2, 0) is 4.74 Å². The van der Waals surface area contributed by atoms with E-state index in [1.807, 2.05) is 26.0 Å². The monoisotopic (exact) mass is 476 g/mol. The van der Waals surface area contributed by atoms with Gasteiger partial charge in [0.25, 0.3) is 0 Å². The lowest BCUT2D eigenvalue weighted by molar-refractivity contribution is 0.0690. The first-order valence-corrected chi connectivity index (χ1v) is 12.2. The van der Waals surface area contributed by atoms with Crippen molar-refractivity contribution in [1.82, 2.24) is 9.97 Å². The average Bonchev–Trinajstić information content (AvgIpc) is 2.88. The minimum atomic E-state index is -1.12. The first kappa shape index (κ1) is 24.6. The molecule has 184 valence electrons. The third-order valence-corrected chi connectivity index (χ3v) is 6.65. The molecule has 0 bridgehead atoms. The number of carboxylic acid groups (broad SMARTS) is 1. The summed E-state index contributed by atoms with van der Waals surface area (Å²) in [7, 11) is 0. The van der Waals surface area contributed by atoms with Gasteiger partial charge in [-0.1, -0.05) is 13.8 Å². The zero-order chi connectivity index (χ0) is 24.9. The summed E-state index contributed by atoms with van der Waals surface area (Å²) in [5, 5.41) is 31.1. The Bertz CT molecular complexity index is 1110. The number of carboxylic acids is 1. The molecule has 0 saturated carbocycles. The van der Waals surface area contributed by atoms with E-state index >= 15 is 0 Å². The third-order valence-electron chi connectivity index (χ3n) is 6.65. The molecule has 35 heavy (non-hydrogen) atoms. The molecule has 4 rings (SSSR count). The van der Waals surface area contributed by atoms with E-state index in [9.17, 15) is 9.90 Å². The fraction of sp³-hybridized carbons (Fsp3) is 0.500. The predicted octanol–water partition coefficient (Wildman–Crippen LogP) is 4.20. The maximum Gasteiger partial charge on any atom is 0.354 e. The van der Waals surface area contributed by atoms with E-state index in [1.165, 1.54) is 6.07 Å². The van der Waals surface area contributed by atoms with Gasteiger partial charge in [0.1, 0.15) is 11.6 Å². The van der Waals surface area contributed by atoms with Crippen LogP contribution in [-0.4, -0.2) is 59.1 Å². The summed E-state index contributed by atoms with van der Waals surface area (Å²) in [5.74, 6) is 0.124. The quantitative estimate of drug-likeness (QED) is 0.506. The topological polar surface area (TPSA) is 135 Å². The molecule has 9 nitrogen and oxygen atoms in total. The highest BCUT2D eigenvalue weighted by Gasteiger charge is 2.25.